The van der Waals surface area contributed by atoms with Crippen molar-refractivity contribution in [2.75, 3.05) is 38.6 Å². The molecule has 0 amide bonds. The first-order valence-corrected chi connectivity index (χ1v) is 8.05. The highest BCUT2D eigenvalue weighted by Gasteiger charge is 2.20. The molecule has 1 fully saturated rings. The molecule has 0 spiro atoms. The van der Waals surface area contributed by atoms with Gasteiger partial charge in [0.1, 0.15) is 0 Å². The van der Waals surface area contributed by atoms with Crippen molar-refractivity contribution in [3.8, 4) is 0 Å². The Balaban J connectivity index is 1.94. The maximum Gasteiger partial charge on any atom is 0.212 e. The molecule has 5 nitrogen and oxygen atoms in total. The number of ether oxygens (including phenoxy) is 1. The van der Waals surface area contributed by atoms with E-state index in [-0.39, 0.29) is 5.75 Å². The number of sulfonamides is 1. The summed E-state index contributed by atoms with van der Waals surface area (Å²) in [6.45, 7) is 5.05. The van der Waals surface area contributed by atoms with Crippen LogP contribution in [0.4, 0.5) is 0 Å². The SMILES string of the molecule is CCCNCCS(=O)(=O)NCCOCC1CC1. The Morgan fingerprint density at radius 2 is 2.00 bits per heavy atom. The van der Waals surface area contributed by atoms with E-state index in [9.17, 15) is 8.42 Å². The van der Waals surface area contributed by atoms with Crippen molar-refractivity contribution in [1.29, 1.82) is 0 Å². The Hall–Kier alpha value is -0.170. The van der Waals surface area contributed by atoms with Crippen molar-refractivity contribution in [2.24, 2.45) is 5.92 Å². The van der Waals surface area contributed by atoms with E-state index < -0.39 is 10.0 Å². The van der Waals surface area contributed by atoms with Gasteiger partial charge in [0.05, 0.1) is 12.4 Å². The lowest BCUT2D eigenvalue weighted by Gasteiger charge is -2.07. The van der Waals surface area contributed by atoms with E-state index in [2.05, 4.69) is 17.0 Å². The minimum absolute atomic E-state index is 0.135. The second-order valence-corrected chi connectivity index (χ2v) is 6.41. The predicted molar refractivity (Wildman–Crippen MR) is 68.5 cm³/mol. The third-order valence-corrected chi connectivity index (χ3v) is 3.98. The summed E-state index contributed by atoms with van der Waals surface area (Å²) < 4.78 is 30.9. The Kier molecular flexibility index (Phi) is 7.03. The summed E-state index contributed by atoms with van der Waals surface area (Å²) in [6.07, 6.45) is 3.53. The molecule has 6 heteroatoms. The van der Waals surface area contributed by atoms with E-state index >= 15 is 0 Å². The summed E-state index contributed by atoms with van der Waals surface area (Å²) in [5, 5.41) is 3.07. The summed E-state index contributed by atoms with van der Waals surface area (Å²) in [7, 11) is -3.14. The third-order valence-electron chi connectivity index (χ3n) is 2.59. The molecule has 0 saturated heterocycles. The van der Waals surface area contributed by atoms with Crippen LogP contribution in [0.1, 0.15) is 26.2 Å². The molecule has 0 radical (unpaired) electrons. The van der Waals surface area contributed by atoms with E-state index in [1.54, 1.807) is 0 Å². The van der Waals surface area contributed by atoms with E-state index in [1.807, 2.05) is 0 Å². The third kappa shape index (κ3) is 8.54. The Labute approximate surface area is 104 Å². The van der Waals surface area contributed by atoms with Crippen molar-refractivity contribution in [3.05, 3.63) is 0 Å². The van der Waals surface area contributed by atoms with Crippen LogP contribution in [0.5, 0.6) is 0 Å². The maximum absolute atomic E-state index is 11.5. The van der Waals surface area contributed by atoms with Crippen LogP contribution < -0.4 is 10.0 Å². The van der Waals surface area contributed by atoms with Crippen molar-refractivity contribution in [2.45, 2.75) is 26.2 Å². The van der Waals surface area contributed by atoms with Crippen molar-refractivity contribution >= 4 is 10.0 Å². The molecule has 1 saturated carbocycles. The molecule has 0 unspecified atom stereocenters. The van der Waals surface area contributed by atoms with Crippen LogP contribution >= 0.6 is 0 Å². The molecule has 17 heavy (non-hydrogen) atoms. The largest absolute Gasteiger partial charge is 0.380 e. The minimum atomic E-state index is -3.14. The maximum atomic E-state index is 11.5. The van der Waals surface area contributed by atoms with Gasteiger partial charge in [0.2, 0.25) is 10.0 Å². The number of hydrogen-bond donors (Lipinski definition) is 2. The van der Waals surface area contributed by atoms with Crippen LogP contribution in [0.3, 0.4) is 0 Å². The summed E-state index contributed by atoms with van der Waals surface area (Å²) in [5.74, 6) is 0.861. The molecule has 1 rings (SSSR count). The lowest BCUT2D eigenvalue weighted by Crippen LogP contribution is -2.34. The molecular formula is C11H24N2O3S. The van der Waals surface area contributed by atoms with Gasteiger partial charge in [-0.15, -0.1) is 0 Å². The van der Waals surface area contributed by atoms with Gasteiger partial charge in [-0.1, -0.05) is 6.92 Å². The van der Waals surface area contributed by atoms with Crippen LogP contribution in [0.25, 0.3) is 0 Å². The minimum Gasteiger partial charge on any atom is -0.380 e. The van der Waals surface area contributed by atoms with Gasteiger partial charge in [0, 0.05) is 19.7 Å². The van der Waals surface area contributed by atoms with Crippen LogP contribution in [0.2, 0.25) is 0 Å². The van der Waals surface area contributed by atoms with Crippen molar-refractivity contribution in [1.82, 2.24) is 10.0 Å². The first-order chi connectivity index (χ1) is 8.14. The zero-order valence-electron chi connectivity index (χ0n) is 10.6. The summed E-state index contributed by atoms with van der Waals surface area (Å²) in [6, 6.07) is 0. The zero-order valence-corrected chi connectivity index (χ0v) is 11.4. The van der Waals surface area contributed by atoms with Gasteiger partial charge < -0.3 is 10.1 Å². The van der Waals surface area contributed by atoms with E-state index in [1.165, 1.54) is 12.8 Å². The fourth-order valence-electron chi connectivity index (χ4n) is 1.38. The molecule has 0 heterocycles. The second-order valence-electron chi connectivity index (χ2n) is 4.48. The molecule has 1 aliphatic carbocycles. The Morgan fingerprint density at radius 1 is 1.24 bits per heavy atom. The second kappa shape index (κ2) is 8.02. The highest BCUT2D eigenvalue weighted by Crippen LogP contribution is 2.28. The fourth-order valence-corrected chi connectivity index (χ4v) is 2.34. The smallest absolute Gasteiger partial charge is 0.212 e. The first-order valence-electron chi connectivity index (χ1n) is 6.40. The molecule has 0 bridgehead atoms. The van der Waals surface area contributed by atoms with Gasteiger partial charge >= 0.3 is 0 Å². The number of hydrogen-bond acceptors (Lipinski definition) is 4. The average Bonchev–Trinajstić information content (AvgIpc) is 3.08. The highest BCUT2D eigenvalue weighted by atomic mass is 32.2. The summed E-state index contributed by atoms with van der Waals surface area (Å²) in [5.41, 5.74) is 0. The fraction of sp³-hybridized carbons (Fsp3) is 1.00. The van der Waals surface area contributed by atoms with Crippen LogP contribution in [0.15, 0.2) is 0 Å². The van der Waals surface area contributed by atoms with Gasteiger partial charge in [-0.05, 0) is 31.7 Å². The van der Waals surface area contributed by atoms with Gasteiger partial charge in [-0.3, -0.25) is 0 Å². The molecule has 0 aromatic heterocycles. The van der Waals surface area contributed by atoms with E-state index in [4.69, 9.17) is 4.74 Å². The first kappa shape index (κ1) is 14.9. The molecule has 0 aromatic carbocycles. The average molecular weight is 264 g/mol. The van der Waals surface area contributed by atoms with Gasteiger partial charge in [-0.25, -0.2) is 13.1 Å². The van der Waals surface area contributed by atoms with Gasteiger partial charge in [0.15, 0.2) is 0 Å². The zero-order chi connectivity index (χ0) is 12.6. The number of nitrogens with one attached hydrogen (secondary N) is 2. The predicted octanol–water partition coefficient (Wildman–Crippen LogP) is 0.332. The highest BCUT2D eigenvalue weighted by molar-refractivity contribution is 7.89. The van der Waals surface area contributed by atoms with Crippen LogP contribution in [0, 0.1) is 5.92 Å². The Morgan fingerprint density at radius 3 is 2.65 bits per heavy atom. The van der Waals surface area contributed by atoms with Crippen LogP contribution in [-0.2, 0) is 14.8 Å². The Bertz CT molecular complexity index is 289. The lowest BCUT2D eigenvalue weighted by molar-refractivity contribution is 0.129. The lowest BCUT2D eigenvalue weighted by atomic mass is 10.5. The topological polar surface area (TPSA) is 67.4 Å². The van der Waals surface area contributed by atoms with Crippen LogP contribution in [-0.4, -0.2) is 47.0 Å². The van der Waals surface area contributed by atoms with Crippen molar-refractivity contribution in [3.63, 3.8) is 0 Å². The molecule has 102 valence electrons. The molecule has 1 aliphatic rings. The molecule has 0 aliphatic heterocycles. The van der Waals surface area contributed by atoms with Crippen molar-refractivity contribution < 1.29 is 13.2 Å². The van der Waals surface area contributed by atoms with Gasteiger partial charge in [0.25, 0.3) is 0 Å². The molecule has 2 N–H and O–H groups in total. The number of rotatable bonds is 11. The molecular weight excluding hydrogens is 240 g/mol. The standard InChI is InChI=1S/C11H24N2O3S/c1-2-5-12-7-9-17(14,15)13-6-8-16-10-11-3-4-11/h11-13H,2-10H2,1H3. The van der Waals surface area contributed by atoms with Gasteiger partial charge in [-0.2, -0.15) is 0 Å². The summed E-state index contributed by atoms with van der Waals surface area (Å²) >= 11 is 0. The monoisotopic (exact) mass is 264 g/mol. The summed E-state index contributed by atoms with van der Waals surface area (Å²) in [4.78, 5) is 0. The molecule has 0 aromatic rings. The van der Waals surface area contributed by atoms with E-state index in [0.717, 1.165) is 25.5 Å². The molecule has 0 atom stereocenters. The normalized spacial score (nSPS) is 16.3. The van der Waals surface area contributed by atoms with E-state index in [0.29, 0.717) is 19.7 Å². The quantitative estimate of drug-likeness (QED) is 0.528.